The minimum absolute atomic E-state index is 0.260. The Kier molecular flexibility index (Phi) is 3.99. The molecule has 0 unspecified atom stereocenters. The molecule has 0 saturated carbocycles. The Morgan fingerprint density at radius 1 is 1.44 bits per heavy atom. The van der Waals surface area contributed by atoms with Crippen molar-refractivity contribution in [2.24, 2.45) is 0 Å². The summed E-state index contributed by atoms with van der Waals surface area (Å²) in [6.45, 7) is 4.92. The van der Waals surface area contributed by atoms with Gasteiger partial charge in [0, 0.05) is 18.3 Å². The van der Waals surface area contributed by atoms with E-state index in [-0.39, 0.29) is 6.04 Å². The Balaban J connectivity index is 1.99. The summed E-state index contributed by atoms with van der Waals surface area (Å²) in [4.78, 5) is 7.35. The molecule has 0 aliphatic carbocycles. The standard InChI is InChI=1S/C14H19N3O/c1-10(12-5-4-6-13(7-12)18-3)15-8-14-11(2)16-9-17-14/h4-7,9-10,15H,8H2,1-3H3,(H,16,17)/t10-/m1/s1. The highest BCUT2D eigenvalue weighted by Gasteiger charge is 2.07. The maximum Gasteiger partial charge on any atom is 0.119 e. The van der Waals surface area contributed by atoms with Gasteiger partial charge in [-0.2, -0.15) is 0 Å². The molecule has 0 bridgehead atoms. The van der Waals surface area contributed by atoms with Crippen LogP contribution in [-0.4, -0.2) is 17.1 Å². The third-order valence-electron chi connectivity index (χ3n) is 3.10. The predicted octanol–water partition coefficient (Wildman–Crippen LogP) is 2.58. The Bertz CT molecular complexity index is 507. The zero-order valence-electron chi connectivity index (χ0n) is 11.0. The summed E-state index contributed by atoms with van der Waals surface area (Å²) in [7, 11) is 1.68. The molecule has 4 heteroatoms. The number of hydrogen-bond acceptors (Lipinski definition) is 3. The van der Waals surface area contributed by atoms with Crippen LogP contribution in [0.2, 0.25) is 0 Å². The lowest BCUT2D eigenvalue weighted by Gasteiger charge is -2.14. The second-order valence-corrected chi connectivity index (χ2v) is 4.35. The van der Waals surface area contributed by atoms with Crippen LogP contribution in [-0.2, 0) is 6.54 Å². The Labute approximate surface area is 107 Å². The summed E-state index contributed by atoms with van der Waals surface area (Å²) in [5, 5.41) is 3.46. The normalized spacial score (nSPS) is 12.4. The first kappa shape index (κ1) is 12.6. The Hall–Kier alpha value is -1.81. The number of imidazole rings is 1. The average Bonchev–Trinajstić information content (AvgIpc) is 2.81. The predicted molar refractivity (Wildman–Crippen MR) is 71.6 cm³/mol. The molecular weight excluding hydrogens is 226 g/mol. The zero-order chi connectivity index (χ0) is 13.0. The number of aromatic amines is 1. The summed E-state index contributed by atoms with van der Waals surface area (Å²) < 4.78 is 5.23. The van der Waals surface area contributed by atoms with Crippen LogP contribution in [0.1, 0.15) is 29.9 Å². The van der Waals surface area contributed by atoms with Gasteiger partial charge < -0.3 is 15.0 Å². The van der Waals surface area contributed by atoms with Crippen LogP contribution in [0.5, 0.6) is 5.75 Å². The number of nitrogens with zero attached hydrogens (tertiary/aromatic N) is 1. The van der Waals surface area contributed by atoms with Gasteiger partial charge in [-0.3, -0.25) is 0 Å². The molecule has 0 fully saturated rings. The minimum atomic E-state index is 0.260. The number of ether oxygens (including phenoxy) is 1. The van der Waals surface area contributed by atoms with Crippen molar-refractivity contribution in [2.45, 2.75) is 26.4 Å². The fourth-order valence-electron chi connectivity index (χ4n) is 1.84. The zero-order valence-corrected chi connectivity index (χ0v) is 11.0. The molecule has 2 N–H and O–H groups in total. The maximum atomic E-state index is 5.23. The highest BCUT2D eigenvalue weighted by atomic mass is 16.5. The highest BCUT2D eigenvalue weighted by Crippen LogP contribution is 2.19. The van der Waals surface area contributed by atoms with Crippen molar-refractivity contribution >= 4 is 0 Å². The van der Waals surface area contributed by atoms with E-state index in [0.29, 0.717) is 0 Å². The molecule has 0 aliphatic rings. The van der Waals surface area contributed by atoms with Gasteiger partial charge in [-0.1, -0.05) is 12.1 Å². The van der Waals surface area contributed by atoms with Crippen molar-refractivity contribution in [3.05, 3.63) is 47.5 Å². The van der Waals surface area contributed by atoms with E-state index in [9.17, 15) is 0 Å². The Morgan fingerprint density at radius 2 is 2.28 bits per heavy atom. The van der Waals surface area contributed by atoms with Gasteiger partial charge in [0.2, 0.25) is 0 Å². The third-order valence-corrected chi connectivity index (χ3v) is 3.10. The summed E-state index contributed by atoms with van der Waals surface area (Å²) >= 11 is 0. The lowest BCUT2D eigenvalue weighted by molar-refractivity contribution is 0.413. The number of hydrogen-bond donors (Lipinski definition) is 2. The molecule has 1 aromatic carbocycles. The molecule has 4 nitrogen and oxygen atoms in total. The molecular formula is C14H19N3O. The van der Waals surface area contributed by atoms with Crippen molar-refractivity contribution in [3.8, 4) is 5.75 Å². The van der Waals surface area contributed by atoms with E-state index in [4.69, 9.17) is 4.74 Å². The summed E-state index contributed by atoms with van der Waals surface area (Å²) in [5.41, 5.74) is 3.38. The minimum Gasteiger partial charge on any atom is -0.497 e. The SMILES string of the molecule is COc1cccc([C@@H](C)NCc2nc[nH]c2C)c1. The number of aryl methyl sites for hydroxylation is 1. The summed E-state index contributed by atoms with van der Waals surface area (Å²) in [6, 6.07) is 8.36. The second-order valence-electron chi connectivity index (χ2n) is 4.35. The van der Waals surface area contributed by atoms with E-state index in [0.717, 1.165) is 23.7 Å². The van der Waals surface area contributed by atoms with E-state index in [2.05, 4.69) is 34.3 Å². The van der Waals surface area contributed by atoms with Crippen molar-refractivity contribution in [1.29, 1.82) is 0 Å². The molecule has 2 rings (SSSR count). The van der Waals surface area contributed by atoms with Gasteiger partial charge in [-0.15, -0.1) is 0 Å². The molecule has 96 valence electrons. The molecule has 0 radical (unpaired) electrons. The molecule has 1 aromatic heterocycles. The van der Waals surface area contributed by atoms with Gasteiger partial charge in [0.25, 0.3) is 0 Å². The van der Waals surface area contributed by atoms with Gasteiger partial charge in [0.1, 0.15) is 5.75 Å². The highest BCUT2D eigenvalue weighted by molar-refractivity contribution is 5.30. The monoisotopic (exact) mass is 245 g/mol. The van der Waals surface area contributed by atoms with Crippen molar-refractivity contribution in [3.63, 3.8) is 0 Å². The molecule has 0 saturated heterocycles. The lowest BCUT2D eigenvalue weighted by Crippen LogP contribution is -2.18. The van der Waals surface area contributed by atoms with Crippen LogP contribution in [0.4, 0.5) is 0 Å². The second kappa shape index (κ2) is 5.69. The van der Waals surface area contributed by atoms with Crippen molar-refractivity contribution in [1.82, 2.24) is 15.3 Å². The smallest absolute Gasteiger partial charge is 0.119 e. The van der Waals surface area contributed by atoms with E-state index in [1.165, 1.54) is 5.56 Å². The number of H-pyrrole nitrogens is 1. The quantitative estimate of drug-likeness (QED) is 0.851. The average molecular weight is 245 g/mol. The Morgan fingerprint density at radius 3 is 2.94 bits per heavy atom. The summed E-state index contributed by atoms with van der Waals surface area (Å²) in [5.74, 6) is 0.886. The molecule has 2 aromatic rings. The molecule has 0 aliphatic heterocycles. The number of methoxy groups -OCH3 is 1. The van der Waals surface area contributed by atoms with Gasteiger partial charge in [-0.25, -0.2) is 4.98 Å². The molecule has 1 atom stereocenters. The van der Waals surface area contributed by atoms with E-state index in [1.54, 1.807) is 13.4 Å². The largest absolute Gasteiger partial charge is 0.497 e. The van der Waals surface area contributed by atoms with Crippen LogP contribution in [0, 0.1) is 6.92 Å². The van der Waals surface area contributed by atoms with Crippen molar-refractivity contribution in [2.75, 3.05) is 7.11 Å². The van der Waals surface area contributed by atoms with Crippen LogP contribution in [0.25, 0.3) is 0 Å². The molecule has 18 heavy (non-hydrogen) atoms. The van der Waals surface area contributed by atoms with Gasteiger partial charge in [0.05, 0.1) is 19.1 Å². The number of nitrogens with one attached hydrogen (secondary N) is 2. The number of rotatable bonds is 5. The van der Waals surface area contributed by atoms with E-state index in [1.807, 2.05) is 19.1 Å². The third kappa shape index (κ3) is 2.90. The van der Waals surface area contributed by atoms with E-state index < -0.39 is 0 Å². The van der Waals surface area contributed by atoms with Gasteiger partial charge in [0.15, 0.2) is 0 Å². The topological polar surface area (TPSA) is 49.9 Å². The maximum absolute atomic E-state index is 5.23. The fraction of sp³-hybridized carbons (Fsp3) is 0.357. The van der Waals surface area contributed by atoms with Gasteiger partial charge >= 0.3 is 0 Å². The van der Waals surface area contributed by atoms with Crippen molar-refractivity contribution < 1.29 is 4.74 Å². The van der Waals surface area contributed by atoms with Crippen LogP contribution >= 0.6 is 0 Å². The fourth-order valence-corrected chi connectivity index (χ4v) is 1.84. The lowest BCUT2D eigenvalue weighted by atomic mass is 10.1. The van der Waals surface area contributed by atoms with Crippen LogP contribution < -0.4 is 10.1 Å². The first-order valence-electron chi connectivity index (χ1n) is 6.07. The van der Waals surface area contributed by atoms with E-state index >= 15 is 0 Å². The molecule has 0 spiro atoms. The first-order valence-corrected chi connectivity index (χ1v) is 6.07. The van der Waals surface area contributed by atoms with Gasteiger partial charge in [-0.05, 0) is 31.5 Å². The molecule has 1 heterocycles. The molecule has 0 amide bonds. The number of benzene rings is 1. The first-order chi connectivity index (χ1) is 8.70. The number of aromatic nitrogens is 2. The summed E-state index contributed by atoms with van der Waals surface area (Å²) in [6.07, 6.45) is 1.72. The van der Waals surface area contributed by atoms with Crippen LogP contribution in [0.3, 0.4) is 0 Å². The van der Waals surface area contributed by atoms with Crippen LogP contribution in [0.15, 0.2) is 30.6 Å².